The summed E-state index contributed by atoms with van der Waals surface area (Å²) in [6.45, 7) is 0. The first-order valence-corrected chi connectivity index (χ1v) is 4.27. The predicted molar refractivity (Wildman–Crippen MR) is 56.2 cm³/mol. The van der Waals surface area contributed by atoms with Gasteiger partial charge in [0.1, 0.15) is 11.5 Å². The molecule has 0 amide bonds. The third-order valence-electron chi connectivity index (χ3n) is 1.51. The average Bonchev–Trinajstić information content (AvgIpc) is 2.21. The van der Waals surface area contributed by atoms with Crippen LogP contribution in [0.4, 0.5) is 0 Å². The molecule has 2 aromatic carbocycles. The van der Waals surface area contributed by atoms with Crippen LogP contribution in [0, 0.1) is 0 Å². The van der Waals surface area contributed by atoms with E-state index in [4.69, 9.17) is 10.2 Å². The zero-order valence-corrected chi connectivity index (χ0v) is 8.97. The summed E-state index contributed by atoms with van der Waals surface area (Å²) in [7, 11) is 0. The Bertz CT molecular complexity index is 311. The summed E-state index contributed by atoms with van der Waals surface area (Å²) in [4.78, 5) is 0. The first kappa shape index (κ1) is 13.5. The molecule has 0 heterocycles. The molecular formula is C12H12NiO2+2. The Morgan fingerprint density at radius 3 is 0.933 bits per heavy atom. The molecule has 0 aliphatic carbocycles. The van der Waals surface area contributed by atoms with Gasteiger partial charge in [0.05, 0.1) is 0 Å². The Kier molecular flexibility index (Phi) is 7.12. The van der Waals surface area contributed by atoms with Gasteiger partial charge in [-0.25, -0.2) is 0 Å². The second-order valence-corrected chi connectivity index (χ2v) is 2.67. The molecule has 0 bridgehead atoms. The van der Waals surface area contributed by atoms with E-state index in [1.807, 2.05) is 12.1 Å². The summed E-state index contributed by atoms with van der Waals surface area (Å²) >= 11 is 0. The van der Waals surface area contributed by atoms with Crippen molar-refractivity contribution in [2.75, 3.05) is 0 Å². The number of phenolic OH excluding ortho intramolecular Hbond substituents is 2. The molecule has 0 saturated heterocycles. The van der Waals surface area contributed by atoms with Crippen molar-refractivity contribution in [1.82, 2.24) is 0 Å². The molecule has 0 spiro atoms. The van der Waals surface area contributed by atoms with Gasteiger partial charge in [-0.05, 0) is 24.3 Å². The van der Waals surface area contributed by atoms with Gasteiger partial charge in [-0.3, -0.25) is 0 Å². The third kappa shape index (κ3) is 6.58. The van der Waals surface area contributed by atoms with Crippen molar-refractivity contribution in [2.45, 2.75) is 0 Å². The van der Waals surface area contributed by atoms with E-state index in [9.17, 15) is 0 Å². The van der Waals surface area contributed by atoms with Crippen LogP contribution in [-0.2, 0) is 16.5 Å². The van der Waals surface area contributed by atoms with Gasteiger partial charge in [0.2, 0.25) is 0 Å². The quantitative estimate of drug-likeness (QED) is 0.702. The van der Waals surface area contributed by atoms with Gasteiger partial charge in [-0.15, -0.1) is 0 Å². The molecule has 15 heavy (non-hydrogen) atoms. The van der Waals surface area contributed by atoms with Crippen LogP contribution in [0.2, 0.25) is 0 Å². The average molecular weight is 247 g/mol. The molecule has 0 fully saturated rings. The maximum atomic E-state index is 8.63. The monoisotopic (exact) mass is 246 g/mol. The molecule has 0 saturated carbocycles. The molecule has 3 heteroatoms. The van der Waals surface area contributed by atoms with Crippen molar-refractivity contribution in [1.29, 1.82) is 0 Å². The summed E-state index contributed by atoms with van der Waals surface area (Å²) in [6, 6.07) is 17.4. The van der Waals surface area contributed by atoms with Crippen LogP contribution in [0.25, 0.3) is 0 Å². The van der Waals surface area contributed by atoms with Gasteiger partial charge in [-0.2, -0.15) is 0 Å². The zero-order valence-electron chi connectivity index (χ0n) is 7.98. The molecule has 0 atom stereocenters. The largest absolute Gasteiger partial charge is 2.00 e. The third-order valence-corrected chi connectivity index (χ3v) is 1.51. The second-order valence-electron chi connectivity index (χ2n) is 2.67. The molecule has 0 unspecified atom stereocenters. The predicted octanol–water partition coefficient (Wildman–Crippen LogP) is 2.78. The SMILES string of the molecule is Oc1ccccc1.Oc1ccccc1.[Ni+2]. The van der Waals surface area contributed by atoms with E-state index in [0.29, 0.717) is 11.5 Å². The van der Waals surface area contributed by atoms with Crippen LogP contribution in [0.5, 0.6) is 11.5 Å². The number of hydrogen-bond donors (Lipinski definition) is 2. The van der Waals surface area contributed by atoms with Crippen molar-refractivity contribution in [2.24, 2.45) is 0 Å². The van der Waals surface area contributed by atoms with E-state index < -0.39 is 0 Å². The first-order chi connectivity index (χ1) is 6.79. The van der Waals surface area contributed by atoms with Crippen LogP contribution < -0.4 is 0 Å². The minimum absolute atomic E-state index is 0. The Balaban J connectivity index is 0.000000245. The number of benzene rings is 2. The van der Waals surface area contributed by atoms with E-state index in [1.165, 1.54) is 0 Å². The van der Waals surface area contributed by atoms with Crippen LogP contribution in [0.1, 0.15) is 0 Å². The normalized spacial score (nSPS) is 8.00. The van der Waals surface area contributed by atoms with Crippen LogP contribution >= 0.6 is 0 Å². The van der Waals surface area contributed by atoms with Gasteiger partial charge in [-0.1, -0.05) is 36.4 Å². The second kappa shape index (κ2) is 7.89. The van der Waals surface area contributed by atoms with Gasteiger partial charge >= 0.3 is 16.5 Å². The first-order valence-electron chi connectivity index (χ1n) is 4.27. The minimum atomic E-state index is 0. The topological polar surface area (TPSA) is 40.5 Å². The maximum absolute atomic E-state index is 8.63. The Labute approximate surface area is 99.1 Å². The summed E-state index contributed by atoms with van der Waals surface area (Å²) in [5.41, 5.74) is 0. The fourth-order valence-corrected chi connectivity index (χ4v) is 0.856. The minimum Gasteiger partial charge on any atom is -0.508 e. The van der Waals surface area contributed by atoms with Crippen molar-refractivity contribution in [3.63, 3.8) is 0 Å². The molecule has 0 aliphatic heterocycles. The summed E-state index contributed by atoms with van der Waals surface area (Å²) < 4.78 is 0. The van der Waals surface area contributed by atoms with Crippen molar-refractivity contribution in [3.8, 4) is 11.5 Å². The van der Waals surface area contributed by atoms with Gasteiger partial charge in [0, 0.05) is 0 Å². The van der Waals surface area contributed by atoms with Gasteiger partial charge < -0.3 is 10.2 Å². The summed E-state index contributed by atoms with van der Waals surface area (Å²) in [6.07, 6.45) is 0. The number of phenols is 2. The molecule has 2 rings (SSSR count). The molecular weight excluding hydrogens is 235 g/mol. The fraction of sp³-hybridized carbons (Fsp3) is 0. The van der Waals surface area contributed by atoms with Crippen LogP contribution in [0.3, 0.4) is 0 Å². The molecule has 80 valence electrons. The zero-order chi connectivity index (χ0) is 10.2. The van der Waals surface area contributed by atoms with Gasteiger partial charge in [0.15, 0.2) is 0 Å². The smallest absolute Gasteiger partial charge is 0.508 e. The summed E-state index contributed by atoms with van der Waals surface area (Å²) in [5, 5.41) is 17.3. The molecule has 0 aromatic heterocycles. The molecule has 2 nitrogen and oxygen atoms in total. The number of hydrogen-bond acceptors (Lipinski definition) is 2. The molecule has 0 aliphatic rings. The van der Waals surface area contributed by atoms with E-state index in [0.717, 1.165) is 0 Å². The van der Waals surface area contributed by atoms with E-state index in [1.54, 1.807) is 48.5 Å². The Hall–Kier alpha value is -1.47. The Morgan fingerprint density at radius 2 is 0.800 bits per heavy atom. The standard InChI is InChI=1S/2C6H6O.Ni/c2*7-6-4-2-1-3-5-6;/h2*1-5,7H;/q;;+2. The van der Waals surface area contributed by atoms with Crippen molar-refractivity contribution < 1.29 is 26.7 Å². The fourth-order valence-electron chi connectivity index (χ4n) is 0.856. The van der Waals surface area contributed by atoms with Crippen molar-refractivity contribution >= 4 is 0 Å². The van der Waals surface area contributed by atoms with Crippen molar-refractivity contribution in [3.05, 3.63) is 60.7 Å². The maximum Gasteiger partial charge on any atom is 2.00 e. The number of rotatable bonds is 0. The number of aromatic hydroxyl groups is 2. The van der Waals surface area contributed by atoms with Gasteiger partial charge in [0.25, 0.3) is 0 Å². The van der Waals surface area contributed by atoms with E-state index in [2.05, 4.69) is 0 Å². The van der Waals surface area contributed by atoms with E-state index in [-0.39, 0.29) is 16.5 Å². The summed E-state index contributed by atoms with van der Waals surface area (Å²) in [5.74, 6) is 0.644. The molecule has 0 radical (unpaired) electrons. The van der Waals surface area contributed by atoms with E-state index >= 15 is 0 Å². The molecule has 2 aromatic rings. The Morgan fingerprint density at radius 1 is 0.533 bits per heavy atom. The van der Waals surface area contributed by atoms with Crippen LogP contribution in [-0.4, -0.2) is 10.2 Å². The number of para-hydroxylation sites is 2. The van der Waals surface area contributed by atoms with Crippen LogP contribution in [0.15, 0.2) is 60.7 Å². The molecule has 2 N–H and O–H groups in total.